The Bertz CT molecular complexity index is 339. The molecule has 3 N–H and O–H groups in total. The van der Waals surface area contributed by atoms with Gasteiger partial charge in [-0.2, -0.15) is 0 Å². The van der Waals surface area contributed by atoms with E-state index in [2.05, 4.69) is 12.2 Å². The maximum Gasteiger partial charge on any atom is 0.241 e. The van der Waals surface area contributed by atoms with Crippen molar-refractivity contribution in [3.05, 3.63) is 24.3 Å². The van der Waals surface area contributed by atoms with Crippen molar-refractivity contribution >= 4 is 23.4 Å². The zero-order chi connectivity index (χ0) is 11.3. The quantitative estimate of drug-likeness (QED) is 0.770. The molecule has 0 aliphatic rings. The van der Waals surface area contributed by atoms with E-state index >= 15 is 0 Å². The summed E-state index contributed by atoms with van der Waals surface area (Å²) in [5.41, 5.74) is 6.33. The van der Waals surface area contributed by atoms with Gasteiger partial charge in [0.1, 0.15) is 0 Å². The number of para-hydroxylation sites is 1. The molecule has 1 atom stereocenters. The number of rotatable bonds is 4. The number of carbonyl (C=O) groups is 1. The summed E-state index contributed by atoms with van der Waals surface area (Å²) in [6, 6.07) is 7.25. The molecule has 0 unspecified atom stereocenters. The summed E-state index contributed by atoms with van der Waals surface area (Å²) >= 11 is 1.70. The number of benzene rings is 1. The van der Waals surface area contributed by atoms with Crippen LogP contribution >= 0.6 is 11.8 Å². The van der Waals surface area contributed by atoms with Gasteiger partial charge < -0.3 is 11.1 Å². The van der Waals surface area contributed by atoms with Crippen LogP contribution in [0.15, 0.2) is 29.2 Å². The fourth-order valence-corrected chi connectivity index (χ4v) is 1.86. The smallest absolute Gasteiger partial charge is 0.241 e. The van der Waals surface area contributed by atoms with Crippen molar-refractivity contribution in [2.75, 3.05) is 11.1 Å². The number of thioether (sulfide) groups is 1. The van der Waals surface area contributed by atoms with Crippen molar-refractivity contribution in [2.24, 2.45) is 5.73 Å². The Hall–Kier alpha value is -1.00. The molecule has 15 heavy (non-hydrogen) atoms. The zero-order valence-electron chi connectivity index (χ0n) is 8.99. The summed E-state index contributed by atoms with van der Waals surface area (Å²) in [6.07, 6.45) is 0. The van der Waals surface area contributed by atoms with E-state index in [4.69, 9.17) is 5.73 Å². The van der Waals surface area contributed by atoms with Crippen molar-refractivity contribution in [3.8, 4) is 0 Å². The van der Waals surface area contributed by atoms with Gasteiger partial charge in [0.2, 0.25) is 5.91 Å². The number of nitrogens with one attached hydrogen (secondary N) is 1. The first kappa shape index (κ1) is 12.1. The van der Waals surface area contributed by atoms with E-state index < -0.39 is 6.04 Å². The van der Waals surface area contributed by atoms with Crippen LogP contribution in [-0.4, -0.2) is 17.7 Å². The minimum absolute atomic E-state index is 0.154. The second-order valence-electron chi connectivity index (χ2n) is 3.21. The van der Waals surface area contributed by atoms with Crippen molar-refractivity contribution in [1.29, 1.82) is 0 Å². The van der Waals surface area contributed by atoms with Gasteiger partial charge in [-0.25, -0.2) is 0 Å². The molecule has 0 aromatic heterocycles. The van der Waals surface area contributed by atoms with Crippen LogP contribution in [0, 0.1) is 0 Å². The normalized spacial score (nSPS) is 12.2. The summed E-state index contributed by atoms with van der Waals surface area (Å²) in [4.78, 5) is 12.5. The fraction of sp³-hybridized carbons (Fsp3) is 0.364. The monoisotopic (exact) mass is 224 g/mol. The topological polar surface area (TPSA) is 55.1 Å². The number of amides is 1. The number of nitrogens with two attached hydrogens (primary N) is 1. The molecule has 0 fully saturated rings. The van der Waals surface area contributed by atoms with E-state index in [0.29, 0.717) is 0 Å². The molecule has 0 aliphatic heterocycles. The molecule has 1 aromatic carbocycles. The Morgan fingerprint density at radius 3 is 2.80 bits per heavy atom. The first-order valence-corrected chi connectivity index (χ1v) is 5.92. The summed E-state index contributed by atoms with van der Waals surface area (Å²) in [7, 11) is 0. The van der Waals surface area contributed by atoms with Crippen molar-refractivity contribution in [1.82, 2.24) is 0 Å². The van der Waals surface area contributed by atoms with Gasteiger partial charge in [0.15, 0.2) is 0 Å². The lowest BCUT2D eigenvalue weighted by Crippen LogP contribution is -2.32. The van der Waals surface area contributed by atoms with E-state index in [1.165, 1.54) is 0 Å². The predicted octanol–water partition coefficient (Wildman–Crippen LogP) is 2.08. The Kier molecular flexibility index (Phi) is 4.65. The van der Waals surface area contributed by atoms with Crippen LogP contribution in [0.25, 0.3) is 0 Å². The van der Waals surface area contributed by atoms with Gasteiger partial charge in [-0.05, 0) is 24.8 Å². The highest BCUT2D eigenvalue weighted by Crippen LogP contribution is 2.26. The first-order valence-electron chi connectivity index (χ1n) is 4.93. The Balaban J connectivity index is 2.79. The van der Waals surface area contributed by atoms with E-state index in [9.17, 15) is 4.79 Å². The molecule has 0 aliphatic carbocycles. The third-order valence-electron chi connectivity index (χ3n) is 1.86. The third kappa shape index (κ3) is 3.57. The lowest BCUT2D eigenvalue weighted by molar-refractivity contribution is -0.117. The lowest BCUT2D eigenvalue weighted by Gasteiger charge is -2.11. The average molecular weight is 224 g/mol. The molecule has 82 valence electrons. The molecule has 1 amide bonds. The van der Waals surface area contributed by atoms with Gasteiger partial charge in [-0.1, -0.05) is 19.1 Å². The molecule has 1 aromatic rings. The van der Waals surface area contributed by atoms with Crippen LogP contribution in [0.5, 0.6) is 0 Å². The standard InChI is InChI=1S/C11H16N2OS/c1-3-15-10-7-5-4-6-9(10)13-11(14)8(2)12/h4-8H,3,12H2,1-2H3,(H,13,14)/t8-/m0/s1. The zero-order valence-corrected chi connectivity index (χ0v) is 9.80. The SMILES string of the molecule is CCSc1ccccc1NC(=O)[C@H](C)N. The van der Waals surface area contributed by atoms with Crippen LogP contribution < -0.4 is 11.1 Å². The highest BCUT2D eigenvalue weighted by atomic mass is 32.2. The minimum atomic E-state index is -0.482. The van der Waals surface area contributed by atoms with Crippen LogP contribution in [-0.2, 0) is 4.79 Å². The first-order chi connectivity index (χ1) is 7.15. The van der Waals surface area contributed by atoms with Gasteiger partial charge >= 0.3 is 0 Å². The van der Waals surface area contributed by atoms with E-state index in [1.54, 1.807) is 18.7 Å². The van der Waals surface area contributed by atoms with Gasteiger partial charge in [-0.3, -0.25) is 4.79 Å². The molecule has 0 bridgehead atoms. The highest BCUT2D eigenvalue weighted by Gasteiger charge is 2.09. The van der Waals surface area contributed by atoms with E-state index in [0.717, 1.165) is 16.3 Å². The van der Waals surface area contributed by atoms with E-state index in [1.807, 2.05) is 24.3 Å². The molecule has 0 saturated carbocycles. The number of anilines is 1. The predicted molar refractivity (Wildman–Crippen MR) is 65.1 cm³/mol. The average Bonchev–Trinajstić information content (AvgIpc) is 2.21. The molecular weight excluding hydrogens is 208 g/mol. The van der Waals surface area contributed by atoms with Crippen LogP contribution in [0.4, 0.5) is 5.69 Å². The van der Waals surface area contributed by atoms with Crippen molar-refractivity contribution in [3.63, 3.8) is 0 Å². The highest BCUT2D eigenvalue weighted by molar-refractivity contribution is 7.99. The number of carbonyl (C=O) groups excluding carboxylic acids is 1. The van der Waals surface area contributed by atoms with Gasteiger partial charge in [0.05, 0.1) is 11.7 Å². The Labute approximate surface area is 94.4 Å². The molecule has 0 spiro atoms. The second-order valence-corrected chi connectivity index (χ2v) is 4.51. The van der Waals surface area contributed by atoms with Gasteiger partial charge in [0, 0.05) is 4.90 Å². The summed E-state index contributed by atoms with van der Waals surface area (Å²) in [5, 5.41) is 2.81. The summed E-state index contributed by atoms with van der Waals surface area (Å²) in [5.74, 6) is 0.824. The summed E-state index contributed by atoms with van der Waals surface area (Å²) in [6.45, 7) is 3.75. The fourth-order valence-electron chi connectivity index (χ4n) is 1.10. The van der Waals surface area contributed by atoms with Crippen LogP contribution in [0.3, 0.4) is 0 Å². The summed E-state index contributed by atoms with van der Waals surface area (Å²) < 4.78 is 0. The Morgan fingerprint density at radius 2 is 2.20 bits per heavy atom. The Morgan fingerprint density at radius 1 is 1.53 bits per heavy atom. The van der Waals surface area contributed by atoms with E-state index in [-0.39, 0.29) is 5.91 Å². The van der Waals surface area contributed by atoms with Gasteiger partial charge in [0.25, 0.3) is 0 Å². The minimum Gasteiger partial charge on any atom is -0.324 e. The molecule has 1 rings (SSSR count). The maximum absolute atomic E-state index is 11.4. The molecule has 0 heterocycles. The molecular formula is C11H16N2OS. The number of hydrogen-bond donors (Lipinski definition) is 2. The van der Waals surface area contributed by atoms with Crippen LogP contribution in [0.2, 0.25) is 0 Å². The molecule has 3 nitrogen and oxygen atoms in total. The lowest BCUT2D eigenvalue weighted by atomic mass is 10.3. The maximum atomic E-state index is 11.4. The second kappa shape index (κ2) is 5.78. The number of hydrogen-bond acceptors (Lipinski definition) is 3. The van der Waals surface area contributed by atoms with Crippen molar-refractivity contribution < 1.29 is 4.79 Å². The van der Waals surface area contributed by atoms with Crippen molar-refractivity contribution in [2.45, 2.75) is 24.8 Å². The van der Waals surface area contributed by atoms with Crippen LogP contribution in [0.1, 0.15) is 13.8 Å². The third-order valence-corrected chi connectivity index (χ3v) is 2.81. The molecule has 0 saturated heterocycles. The molecule has 4 heteroatoms. The largest absolute Gasteiger partial charge is 0.324 e. The molecule has 0 radical (unpaired) electrons. The van der Waals surface area contributed by atoms with Gasteiger partial charge in [-0.15, -0.1) is 11.8 Å².